The lowest BCUT2D eigenvalue weighted by Gasteiger charge is -2.07. The smallest absolute Gasteiger partial charge is 0.0975 e. The summed E-state index contributed by atoms with van der Waals surface area (Å²) in [6.07, 6.45) is 3.53. The molecule has 88 valence electrons. The molecule has 1 aromatic heterocycles. The van der Waals surface area contributed by atoms with Crippen molar-refractivity contribution in [1.82, 2.24) is 9.88 Å². The van der Waals surface area contributed by atoms with E-state index >= 15 is 0 Å². The van der Waals surface area contributed by atoms with Crippen LogP contribution in [0, 0.1) is 6.92 Å². The molecule has 1 aliphatic heterocycles. The monoisotopic (exact) mass is 237 g/mol. The van der Waals surface area contributed by atoms with Crippen LogP contribution in [-0.4, -0.2) is 30.0 Å². The second-order valence-corrected chi connectivity index (χ2v) is 6.40. The Morgan fingerprint density at radius 1 is 1.50 bits per heavy atom. The van der Waals surface area contributed by atoms with Crippen molar-refractivity contribution in [3.05, 3.63) is 15.6 Å². The van der Waals surface area contributed by atoms with Gasteiger partial charge in [-0.3, -0.25) is 0 Å². The number of thiazole rings is 1. The molecule has 1 unspecified atom stereocenters. The Morgan fingerprint density at radius 3 is 2.81 bits per heavy atom. The SMILES string of the molecule is Cc1nc(C2CCN(C)C2)sc1C1(N)CC1. The molecular formula is C12H19N3S. The van der Waals surface area contributed by atoms with Gasteiger partial charge in [-0.2, -0.15) is 0 Å². The second-order valence-electron chi connectivity index (χ2n) is 5.37. The Labute approximate surface area is 101 Å². The van der Waals surface area contributed by atoms with Crippen LogP contribution in [0.4, 0.5) is 0 Å². The molecule has 3 nitrogen and oxygen atoms in total. The van der Waals surface area contributed by atoms with Gasteiger partial charge in [-0.05, 0) is 39.8 Å². The Kier molecular flexibility index (Phi) is 2.35. The van der Waals surface area contributed by atoms with Gasteiger partial charge in [0.05, 0.1) is 16.2 Å². The fraction of sp³-hybridized carbons (Fsp3) is 0.750. The first-order chi connectivity index (χ1) is 7.58. The van der Waals surface area contributed by atoms with Crippen molar-refractivity contribution < 1.29 is 0 Å². The summed E-state index contributed by atoms with van der Waals surface area (Å²) in [6.45, 7) is 4.47. The zero-order valence-electron chi connectivity index (χ0n) is 9.99. The third-order valence-electron chi connectivity index (χ3n) is 3.79. The van der Waals surface area contributed by atoms with Crippen LogP contribution in [-0.2, 0) is 5.54 Å². The van der Waals surface area contributed by atoms with Gasteiger partial charge in [0.15, 0.2) is 0 Å². The lowest BCUT2D eigenvalue weighted by molar-refractivity contribution is 0.411. The van der Waals surface area contributed by atoms with Gasteiger partial charge >= 0.3 is 0 Å². The van der Waals surface area contributed by atoms with E-state index in [0.717, 1.165) is 19.4 Å². The van der Waals surface area contributed by atoms with Crippen molar-refractivity contribution in [3.8, 4) is 0 Å². The number of likely N-dealkylation sites (N-methyl/N-ethyl adjacent to an activating group) is 1. The highest BCUT2D eigenvalue weighted by Gasteiger charge is 2.43. The Balaban J connectivity index is 1.86. The predicted molar refractivity (Wildman–Crippen MR) is 66.8 cm³/mol. The van der Waals surface area contributed by atoms with E-state index in [4.69, 9.17) is 10.7 Å². The third kappa shape index (κ3) is 1.69. The minimum atomic E-state index is -0.00942. The summed E-state index contributed by atoms with van der Waals surface area (Å²) in [5.41, 5.74) is 7.43. The van der Waals surface area contributed by atoms with Crippen LogP contribution < -0.4 is 5.73 Å². The number of rotatable bonds is 2. The van der Waals surface area contributed by atoms with Crippen molar-refractivity contribution in [1.29, 1.82) is 0 Å². The highest BCUT2D eigenvalue weighted by molar-refractivity contribution is 7.12. The van der Waals surface area contributed by atoms with Crippen LogP contribution in [0.15, 0.2) is 0 Å². The quantitative estimate of drug-likeness (QED) is 0.853. The number of aryl methyl sites for hydroxylation is 1. The van der Waals surface area contributed by atoms with Crippen LogP contribution in [0.25, 0.3) is 0 Å². The lowest BCUT2D eigenvalue weighted by atomic mass is 10.1. The van der Waals surface area contributed by atoms with Gasteiger partial charge in [0, 0.05) is 17.3 Å². The fourth-order valence-corrected chi connectivity index (χ4v) is 3.90. The van der Waals surface area contributed by atoms with E-state index in [1.807, 2.05) is 11.3 Å². The van der Waals surface area contributed by atoms with Crippen LogP contribution in [0.1, 0.15) is 40.8 Å². The highest BCUT2D eigenvalue weighted by Crippen LogP contribution is 2.47. The molecular weight excluding hydrogens is 218 g/mol. The van der Waals surface area contributed by atoms with E-state index in [9.17, 15) is 0 Å². The maximum atomic E-state index is 6.27. The van der Waals surface area contributed by atoms with Crippen molar-refractivity contribution in [2.45, 2.75) is 37.6 Å². The number of likely N-dealkylation sites (tertiary alicyclic amines) is 1. The van der Waals surface area contributed by atoms with E-state index in [0.29, 0.717) is 5.92 Å². The maximum absolute atomic E-state index is 6.27. The molecule has 16 heavy (non-hydrogen) atoms. The average molecular weight is 237 g/mol. The minimum Gasteiger partial charge on any atom is -0.321 e. The molecule has 0 aromatic carbocycles. The zero-order chi connectivity index (χ0) is 11.3. The van der Waals surface area contributed by atoms with Crippen molar-refractivity contribution >= 4 is 11.3 Å². The van der Waals surface area contributed by atoms with Gasteiger partial charge in [-0.15, -0.1) is 11.3 Å². The molecule has 2 heterocycles. The standard InChI is InChI=1S/C12H19N3S/c1-8-10(12(13)4-5-12)16-11(14-8)9-3-6-15(2)7-9/h9H,3-7,13H2,1-2H3. The molecule has 1 saturated heterocycles. The van der Waals surface area contributed by atoms with Crippen LogP contribution >= 0.6 is 11.3 Å². The molecule has 2 aliphatic rings. The first-order valence-corrected chi connectivity index (χ1v) is 6.85. The van der Waals surface area contributed by atoms with Crippen molar-refractivity contribution in [2.75, 3.05) is 20.1 Å². The van der Waals surface area contributed by atoms with E-state index in [2.05, 4.69) is 18.9 Å². The predicted octanol–water partition coefficient (Wildman–Crippen LogP) is 1.82. The number of aromatic nitrogens is 1. The molecule has 0 bridgehead atoms. The number of nitrogens with zero attached hydrogens (tertiary/aromatic N) is 2. The summed E-state index contributed by atoms with van der Waals surface area (Å²) < 4.78 is 0. The largest absolute Gasteiger partial charge is 0.321 e. The number of hydrogen-bond donors (Lipinski definition) is 1. The first kappa shape index (κ1) is 10.7. The molecule has 1 aliphatic carbocycles. The van der Waals surface area contributed by atoms with Gasteiger partial charge < -0.3 is 10.6 Å². The normalized spacial score (nSPS) is 28.6. The van der Waals surface area contributed by atoms with Gasteiger partial charge in [-0.1, -0.05) is 0 Å². The molecule has 3 rings (SSSR count). The van der Waals surface area contributed by atoms with E-state index in [-0.39, 0.29) is 5.54 Å². The van der Waals surface area contributed by atoms with Gasteiger partial charge in [0.2, 0.25) is 0 Å². The fourth-order valence-electron chi connectivity index (χ4n) is 2.55. The molecule has 1 atom stereocenters. The molecule has 1 aromatic rings. The van der Waals surface area contributed by atoms with Crippen LogP contribution in [0.3, 0.4) is 0 Å². The summed E-state index contributed by atoms with van der Waals surface area (Å²) in [4.78, 5) is 8.48. The van der Waals surface area contributed by atoms with Crippen LogP contribution in [0.5, 0.6) is 0 Å². The molecule has 0 spiro atoms. The van der Waals surface area contributed by atoms with Gasteiger partial charge in [-0.25, -0.2) is 4.98 Å². The topological polar surface area (TPSA) is 42.2 Å². The first-order valence-electron chi connectivity index (χ1n) is 6.04. The number of nitrogens with two attached hydrogens (primary N) is 1. The van der Waals surface area contributed by atoms with E-state index in [1.54, 1.807) is 0 Å². The summed E-state index contributed by atoms with van der Waals surface area (Å²) in [6, 6.07) is 0. The minimum absolute atomic E-state index is 0.00942. The number of hydrogen-bond acceptors (Lipinski definition) is 4. The van der Waals surface area contributed by atoms with Gasteiger partial charge in [0.1, 0.15) is 0 Å². The van der Waals surface area contributed by atoms with Crippen molar-refractivity contribution in [3.63, 3.8) is 0 Å². The Bertz CT molecular complexity index is 408. The summed E-state index contributed by atoms with van der Waals surface area (Å²) in [5, 5.41) is 1.31. The molecule has 0 radical (unpaired) electrons. The Morgan fingerprint density at radius 2 is 2.25 bits per heavy atom. The molecule has 0 amide bonds. The summed E-state index contributed by atoms with van der Waals surface area (Å²) >= 11 is 1.87. The van der Waals surface area contributed by atoms with Crippen LogP contribution in [0.2, 0.25) is 0 Å². The molecule has 2 N–H and O–H groups in total. The van der Waals surface area contributed by atoms with E-state index in [1.165, 1.54) is 28.5 Å². The average Bonchev–Trinajstić information content (AvgIpc) is 2.68. The zero-order valence-corrected chi connectivity index (χ0v) is 10.8. The molecule has 4 heteroatoms. The van der Waals surface area contributed by atoms with Crippen molar-refractivity contribution in [2.24, 2.45) is 5.73 Å². The maximum Gasteiger partial charge on any atom is 0.0975 e. The molecule has 2 fully saturated rings. The lowest BCUT2D eigenvalue weighted by Crippen LogP contribution is -2.18. The van der Waals surface area contributed by atoms with E-state index < -0.39 is 0 Å². The molecule has 1 saturated carbocycles. The summed E-state index contributed by atoms with van der Waals surface area (Å²) in [5.74, 6) is 0.643. The third-order valence-corrected chi connectivity index (χ3v) is 5.33. The van der Waals surface area contributed by atoms with Gasteiger partial charge in [0.25, 0.3) is 0 Å². The second kappa shape index (κ2) is 3.52. The Hall–Kier alpha value is -0.450. The summed E-state index contributed by atoms with van der Waals surface area (Å²) in [7, 11) is 2.19. The highest BCUT2D eigenvalue weighted by atomic mass is 32.1.